The first-order chi connectivity index (χ1) is 16.5. The van der Waals surface area contributed by atoms with Gasteiger partial charge in [-0.2, -0.15) is 13.2 Å². The number of hydrogen-bond donors (Lipinski definition) is 2. The van der Waals surface area contributed by atoms with Crippen molar-refractivity contribution in [1.82, 2.24) is 0 Å². The van der Waals surface area contributed by atoms with Gasteiger partial charge < -0.3 is 14.9 Å². The molecule has 1 unspecified atom stereocenters. The largest absolute Gasteiger partial charge is 0.508 e. The number of anilines is 1. The third-order valence-corrected chi connectivity index (χ3v) is 5.52. The molecular weight excluding hydrogens is 470 g/mol. The Balaban J connectivity index is 1.98. The number of nitrogens with zero attached hydrogens (tertiary/aromatic N) is 1. The number of benzene rings is 3. The SMILES string of the molecule is COc1ccc(F)cc1/C(O)=C1\C(=O)C(=O)N(c2cccc(C(F)(F)F)c2)C1c1ccc(O)cc1. The van der Waals surface area contributed by atoms with Crippen molar-refractivity contribution >= 4 is 23.1 Å². The number of Topliss-reactive ketones (excluding diaryl/α,β-unsaturated/α-hetero) is 1. The summed E-state index contributed by atoms with van der Waals surface area (Å²) < 4.78 is 59.1. The Morgan fingerprint density at radius 2 is 1.69 bits per heavy atom. The number of carbonyl (C=O) groups excluding carboxylic acids is 2. The molecule has 0 spiro atoms. The Labute approximate surface area is 196 Å². The number of halogens is 4. The standard InChI is InChI=1S/C25H17F4NO5/c1-35-19-10-7-15(26)12-18(19)22(32)20-21(13-5-8-17(31)9-6-13)30(24(34)23(20)33)16-4-2-3-14(11-16)25(27,28)29/h2-12,21,31-32H,1H3/b22-20+. The maximum Gasteiger partial charge on any atom is 0.416 e. The minimum atomic E-state index is -4.72. The number of hydrogen-bond acceptors (Lipinski definition) is 5. The van der Waals surface area contributed by atoms with Crippen molar-refractivity contribution in [3.05, 3.63) is 94.8 Å². The highest BCUT2D eigenvalue weighted by Crippen LogP contribution is 2.44. The van der Waals surface area contributed by atoms with Crippen LogP contribution in [-0.2, 0) is 15.8 Å². The molecule has 3 aromatic rings. The van der Waals surface area contributed by atoms with E-state index in [-0.39, 0.29) is 28.3 Å². The lowest BCUT2D eigenvalue weighted by Gasteiger charge is -2.26. The lowest BCUT2D eigenvalue weighted by atomic mass is 9.94. The quantitative estimate of drug-likeness (QED) is 0.229. The number of carbonyl (C=O) groups is 2. The van der Waals surface area contributed by atoms with E-state index < -0.39 is 46.6 Å². The lowest BCUT2D eigenvalue weighted by molar-refractivity contribution is -0.137. The maximum absolute atomic E-state index is 14.0. The lowest BCUT2D eigenvalue weighted by Crippen LogP contribution is -2.29. The van der Waals surface area contributed by atoms with Gasteiger partial charge in [-0.1, -0.05) is 18.2 Å². The third kappa shape index (κ3) is 4.30. The summed E-state index contributed by atoms with van der Waals surface area (Å²) in [7, 11) is 1.25. The Kier molecular flexibility index (Phi) is 5.98. The number of phenolic OH excluding ortho intramolecular Hbond substituents is 1. The first kappa shape index (κ1) is 23.8. The van der Waals surface area contributed by atoms with Crippen LogP contribution < -0.4 is 9.64 Å². The first-order valence-electron chi connectivity index (χ1n) is 10.1. The van der Waals surface area contributed by atoms with Gasteiger partial charge in [-0.05, 0) is 54.1 Å². The van der Waals surface area contributed by atoms with Crippen LogP contribution in [0.15, 0.2) is 72.3 Å². The Morgan fingerprint density at radius 3 is 2.31 bits per heavy atom. The monoisotopic (exact) mass is 487 g/mol. The zero-order chi connectivity index (χ0) is 25.5. The molecule has 1 aliphatic heterocycles. The van der Waals surface area contributed by atoms with Crippen LogP contribution >= 0.6 is 0 Å². The molecule has 1 saturated heterocycles. The van der Waals surface area contributed by atoms with Crippen LogP contribution in [0.25, 0.3) is 5.76 Å². The molecule has 0 aliphatic carbocycles. The van der Waals surface area contributed by atoms with Gasteiger partial charge in [0, 0.05) is 5.69 Å². The number of aliphatic hydroxyl groups excluding tert-OH is 1. The van der Waals surface area contributed by atoms with E-state index in [9.17, 15) is 37.4 Å². The number of ketones is 1. The second-order valence-corrected chi connectivity index (χ2v) is 7.65. The van der Waals surface area contributed by atoms with Gasteiger partial charge in [0.15, 0.2) is 0 Å². The molecule has 0 radical (unpaired) electrons. The number of amides is 1. The fourth-order valence-corrected chi connectivity index (χ4v) is 3.91. The van der Waals surface area contributed by atoms with Crippen molar-refractivity contribution in [3.8, 4) is 11.5 Å². The molecule has 180 valence electrons. The van der Waals surface area contributed by atoms with Crippen LogP contribution in [0.3, 0.4) is 0 Å². The first-order valence-corrected chi connectivity index (χ1v) is 10.1. The summed E-state index contributed by atoms with van der Waals surface area (Å²) in [6.07, 6.45) is -4.72. The molecule has 35 heavy (non-hydrogen) atoms. The Bertz CT molecular complexity index is 1350. The van der Waals surface area contributed by atoms with Crippen LogP contribution in [0.4, 0.5) is 23.2 Å². The third-order valence-electron chi connectivity index (χ3n) is 5.52. The van der Waals surface area contributed by atoms with E-state index in [4.69, 9.17) is 4.74 Å². The zero-order valence-corrected chi connectivity index (χ0v) is 18.0. The van der Waals surface area contributed by atoms with E-state index in [0.29, 0.717) is 6.07 Å². The molecule has 10 heteroatoms. The van der Waals surface area contributed by atoms with Crippen molar-refractivity contribution in [1.29, 1.82) is 0 Å². The number of phenols is 1. The molecule has 2 N–H and O–H groups in total. The second kappa shape index (κ2) is 8.79. The molecule has 0 bridgehead atoms. The minimum Gasteiger partial charge on any atom is -0.508 e. The van der Waals surface area contributed by atoms with E-state index in [1.165, 1.54) is 43.5 Å². The van der Waals surface area contributed by atoms with Crippen LogP contribution in [0, 0.1) is 5.82 Å². The van der Waals surface area contributed by atoms with Crippen LogP contribution in [0.5, 0.6) is 11.5 Å². The van der Waals surface area contributed by atoms with Crippen LogP contribution in [0.1, 0.15) is 22.7 Å². The van der Waals surface area contributed by atoms with Gasteiger partial charge in [0.25, 0.3) is 11.7 Å². The summed E-state index contributed by atoms with van der Waals surface area (Å²) in [6.45, 7) is 0. The Morgan fingerprint density at radius 1 is 1.00 bits per heavy atom. The zero-order valence-electron chi connectivity index (χ0n) is 18.0. The summed E-state index contributed by atoms with van der Waals surface area (Å²) in [6, 6.07) is 10.8. The molecular formula is C25H17F4NO5. The molecule has 6 nitrogen and oxygen atoms in total. The van der Waals surface area contributed by atoms with E-state index >= 15 is 0 Å². The van der Waals surface area contributed by atoms with Crippen molar-refractivity contribution in [3.63, 3.8) is 0 Å². The summed E-state index contributed by atoms with van der Waals surface area (Å²) >= 11 is 0. The van der Waals surface area contributed by atoms with Gasteiger partial charge in [-0.15, -0.1) is 0 Å². The number of methoxy groups -OCH3 is 1. The van der Waals surface area contributed by atoms with Crippen LogP contribution in [-0.4, -0.2) is 29.0 Å². The van der Waals surface area contributed by atoms with Crippen LogP contribution in [0.2, 0.25) is 0 Å². The van der Waals surface area contributed by atoms with Gasteiger partial charge in [0.1, 0.15) is 23.1 Å². The van der Waals surface area contributed by atoms with Gasteiger partial charge in [0.2, 0.25) is 0 Å². The number of aromatic hydroxyl groups is 1. The van der Waals surface area contributed by atoms with E-state index in [1.807, 2.05) is 0 Å². The van der Waals surface area contributed by atoms with E-state index in [1.54, 1.807) is 0 Å². The predicted molar refractivity (Wildman–Crippen MR) is 117 cm³/mol. The highest BCUT2D eigenvalue weighted by Gasteiger charge is 2.47. The molecule has 0 saturated carbocycles. The van der Waals surface area contributed by atoms with Gasteiger partial charge in [-0.25, -0.2) is 4.39 Å². The number of aliphatic hydroxyl groups is 1. The highest BCUT2D eigenvalue weighted by molar-refractivity contribution is 6.51. The summed E-state index contributed by atoms with van der Waals surface area (Å²) in [4.78, 5) is 27.0. The van der Waals surface area contributed by atoms with Gasteiger partial charge in [0.05, 0.1) is 29.9 Å². The summed E-state index contributed by atoms with van der Waals surface area (Å²) in [5.74, 6) is -4.06. The van der Waals surface area contributed by atoms with Crippen molar-refractivity contribution in [2.24, 2.45) is 0 Å². The minimum absolute atomic E-state index is 0.00127. The van der Waals surface area contributed by atoms with Gasteiger partial charge >= 0.3 is 6.18 Å². The fourth-order valence-electron chi connectivity index (χ4n) is 3.91. The average molecular weight is 487 g/mol. The predicted octanol–water partition coefficient (Wildman–Crippen LogP) is 5.19. The summed E-state index contributed by atoms with van der Waals surface area (Å²) in [5.41, 5.74) is -1.80. The molecule has 1 aliphatic rings. The number of ether oxygens (including phenoxy) is 1. The Hall–Kier alpha value is -4.34. The van der Waals surface area contributed by atoms with Gasteiger partial charge in [-0.3, -0.25) is 14.5 Å². The van der Waals surface area contributed by atoms with E-state index in [0.717, 1.165) is 29.2 Å². The van der Waals surface area contributed by atoms with Crippen molar-refractivity contribution in [2.75, 3.05) is 12.0 Å². The molecule has 4 rings (SSSR count). The molecule has 1 heterocycles. The van der Waals surface area contributed by atoms with Crippen molar-refractivity contribution < 1.29 is 42.1 Å². The molecule has 1 atom stereocenters. The second-order valence-electron chi connectivity index (χ2n) is 7.65. The normalized spacial score (nSPS) is 17.6. The average Bonchev–Trinajstić information content (AvgIpc) is 3.09. The smallest absolute Gasteiger partial charge is 0.416 e. The molecule has 0 aromatic heterocycles. The fraction of sp³-hybridized carbons (Fsp3) is 0.120. The highest BCUT2D eigenvalue weighted by atomic mass is 19.4. The number of rotatable bonds is 4. The topological polar surface area (TPSA) is 87.1 Å². The molecule has 1 amide bonds. The molecule has 3 aromatic carbocycles. The van der Waals surface area contributed by atoms with Crippen molar-refractivity contribution in [2.45, 2.75) is 12.2 Å². The molecule has 1 fully saturated rings. The maximum atomic E-state index is 14.0. The van der Waals surface area contributed by atoms with E-state index in [2.05, 4.69) is 0 Å². The summed E-state index contributed by atoms with van der Waals surface area (Å²) in [5, 5.41) is 20.8. The number of alkyl halides is 3.